The first-order valence-corrected chi connectivity index (χ1v) is 8.29. The van der Waals surface area contributed by atoms with Gasteiger partial charge in [-0.1, -0.05) is 32.4 Å². The summed E-state index contributed by atoms with van der Waals surface area (Å²) in [6, 6.07) is 6.43. The smallest absolute Gasteiger partial charge is 0.161 e. The minimum atomic E-state index is -0.269. The summed E-state index contributed by atoms with van der Waals surface area (Å²) in [4.78, 5) is 9.18. The van der Waals surface area contributed by atoms with Gasteiger partial charge in [-0.3, -0.25) is 0 Å². The number of benzene rings is 1. The normalized spacial score (nSPS) is 10.7. The molecule has 2 rings (SSSR count). The summed E-state index contributed by atoms with van der Waals surface area (Å²) >= 11 is 2.29. The Bertz CT molecular complexity index is 616. The molecule has 5 heteroatoms. The van der Waals surface area contributed by atoms with Crippen molar-refractivity contribution in [2.24, 2.45) is 0 Å². The maximum Gasteiger partial charge on any atom is 0.161 e. The molecule has 0 fully saturated rings. The van der Waals surface area contributed by atoms with Gasteiger partial charge < -0.3 is 5.32 Å². The number of nitrogens with zero attached hydrogens (tertiary/aromatic N) is 2. The second-order valence-corrected chi connectivity index (χ2v) is 5.92. The number of aryl methyl sites for hydroxylation is 1. The molecule has 0 spiro atoms. The van der Waals surface area contributed by atoms with Crippen molar-refractivity contribution in [2.75, 3.05) is 11.9 Å². The molecule has 112 valence electrons. The van der Waals surface area contributed by atoms with Crippen molar-refractivity contribution >= 4 is 28.4 Å². The summed E-state index contributed by atoms with van der Waals surface area (Å²) in [7, 11) is 0. The summed E-state index contributed by atoms with van der Waals surface area (Å²) in [6.07, 6.45) is 2.94. The average Bonchev–Trinajstić information content (AvgIpc) is 2.48. The molecule has 0 aliphatic carbocycles. The Morgan fingerprint density at radius 2 is 2.00 bits per heavy atom. The van der Waals surface area contributed by atoms with Crippen molar-refractivity contribution < 1.29 is 4.39 Å². The summed E-state index contributed by atoms with van der Waals surface area (Å²) < 4.78 is 14.5. The van der Waals surface area contributed by atoms with Crippen LogP contribution in [0.2, 0.25) is 0 Å². The molecule has 0 amide bonds. The van der Waals surface area contributed by atoms with Gasteiger partial charge in [0, 0.05) is 12.1 Å². The number of halogens is 2. The Labute approximate surface area is 138 Å². The molecule has 21 heavy (non-hydrogen) atoms. The Kier molecular flexibility index (Phi) is 5.90. The third-order valence-electron chi connectivity index (χ3n) is 3.03. The van der Waals surface area contributed by atoms with E-state index >= 15 is 0 Å². The molecule has 1 aromatic heterocycles. The number of rotatable bonds is 6. The van der Waals surface area contributed by atoms with Gasteiger partial charge in [-0.05, 0) is 47.6 Å². The predicted octanol–water partition coefficient (Wildman–Crippen LogP) is 4.66. The van der Waals surface area contributed by atoms with Crippen molar-refractivity contribution in [1.82, 2.24) is 9.97 Å². The lowest BCUT2D eigenvalue weighted by atomic mass is 10.2. The van der Waals surface area contributed by atoms with Gasteiger partial charge in [0.25, 0.3) is 0 Å². The number of nitrogens with one attached hydrogen (secondary N) is 1. The van der Waals surface area contributed by atoms with E-state index in [-0.39, 0.29) is 5.82 Å². The fourth-order valence-corrected chi connectivity index (χ4v) is 2.71. The first kappa shape index (κ1) is 16.1. The van der Waals surface area contributed by atoms with Gasteiger partial charge in [-0.15, -0.1) is 0 Å². The molecule has 1 N–H and O–H groups in total. The molecule has 2 aromatic rings. The molecule has 0 atom stereocenters. The van der Waals surface area contributed by atoms with Crippen LogP contribution in [0.3, 0.4) is 0 Å². The number of aromatic nitrogens is 2. The highest BCUT2D eigenvalue weighted by molar-refractivity contribution is 14.1. The van der Waals surface area contributed by atoms with E-state index in [1.807, 2.05) is 6.07 Å². The van der Waals surface area contributed by atoms with E-state index in [4.69, 9.17) is 0 Å². The van der Waals surface area contributed by atoms with Gasteiger partial charge in [-0.2, -0.15) is 0 Å². The van der Waals surface area contributed by atoms with Crippen LogP contribution in [0.1, 0.15) is 32.4 Å². The Hall–Kier alpha value is -1.24. The molecular weight excluding hydrogens is 380 g/mol. The largest absolute Gasteiger partial charge is 0.369 e. The highest BCUT2D eigenvalue weighted by Gasteiger charge is 2.13. The molecular formula is C16H19FIN3. The van der Waals surface area contributed by atoms with Gasteiger partial charge in [0.1, 0.15) is 11.6 Å². The minimum absolute atomic E-state index is 0.269. The van der Waals surface area contributed by atoms with Crippen LogP contribution < -0.4 is 5.32 Å². The zero-order valence-corrected chi connectivity index (χ0v) is 14.4. The van der Waals surface area contributed by atoms with E-state index in [2.05, 4.69) is 51.7 Å². The second kappa shape index (κ2) is 7.68. The monoisotopic (exact) mass is 399 g/mol. The van der Waals surface area contributed by atoms with Crippen LogP contribution in [0, 0.1) is 9.39 Å². The molecule has 0 bridgehead atoms. The average molecular weight is 399 g/mol. The van der Waals surface area contributed by atoms with E-state index in [0.29, 0.717) is 11.4 Å². The minimum Gasteiger partial charge on any atom is -0.369 e. The summed E-state index contributed by atoms with van der Waals surface area (Å²) in [6.45, 7) is 5.10. The maximum atomic E-state index is 13.4. The first-order valence-electron chi connectivity index (χ1n) is 7.22. The number of hydrogen-bond donors (Lipinski definition) is 1. The molecule has 0 saturated heterocycles. The van der Waals surface area contributed by atoms with Gasteiger partial charge in [0.2, 0.25) is 0 Å². The lowest BCUT2D eigenvalue weighted by Crippen LogP contribution is -2.09. The van der Waals surface area contributed by atoms with Crippen LogP contribution in [0.4, 0.5) is 10.2 Å². The first-order chi connectivity index (χ1) is 10.2. The van der Waals surface area contributed by atoms with Crippen molar-refractivity contribution in [3.8, 4) is 11.4 Å². The fourth-order valence-electron chi connectivity index (χ4n) is 2.01. The van der Waals surface area contributed by atoms with E-state index in [1.165, 1.54) is 12.1 Å². The molecule has 1 heterocycles. The number of hydrogen-bond acceptors (Lipinski definition) is 3. The maximum absolute atomic E-state index is 13.4. The van der Waals surface area contributed by atoms with Gasteiger partial charge >= 0.3 is 0 Å². The van der Waals surface area contributed by atoms with Gasteiger partial charge in [0.05, 0.1) is 9.26 Å². The third-order valence-corrected chi connectivity index (χ3v) is 4.17. The highest BCUT2D eigenvalue weighted by Crippen LogP contribution is 2.25. The second-order valence-electron chi connectivity index (χ2n) is 4.84. The zero-order chi connectivity index (χ0) is 15.2. The van der Waals surface area contributed by atoms with Crippen LogP contribution in [0.5, 0.6) is 0 Å². The van der Waals surface area contributed by atoms with E-state index in [0.717, 1.165) is 40.9 Å². The fraction of sp³-hybridized carbons (Fsp3) is 0.375. The summed E-state index contributed by atoms with van der Waals surface area (Å²) in [5.74, 6) is 1.15. The van der Waals surface area contributed by atoms with E-state index in [9.17, 15) is 4.39 Å². The van der Waals surface area contributed by atoms with Crippen LogP contribution in [-0.4, -0.2) is 16.5 Å². The van der Waals surface area contributed by atoms with Crippen LogP contribution in [0.25, 0.3) is 11.4 Å². The van der Waals surface area contributed by atoms with Crippen LogP contribution in [-0.2, 0) is 6.42 Å². The lowest BCUT2D eigenvalue weighted by Gasteiger charge is -2.12. The SMILES string of the molecule is CCCNc1nc(-c2cccc(F)c2)nc(CCC)c1I. The van der Waals surface area contributed by atoms with Crippen LogP contribution >= 0.6 is 22.6 Å². The van der Waals surface area contributed by atoms with Crippen molar-refractivity contribution in [1.29, 1.82) is 0 Å². The van der Waals surface area contributed by atoms with Crippen molar-refractivity contribution in [3.05, 3.63) is 39.3 Å². The standard InChI is InChI=1S/C16H19FIN3/c1-3-6-13-14(18)16(19-9-4-2)21-15(20-13)11-7-5-8-12(17)10-11/h5,7-8,10H,3-4,6,9H2,1-2H3,(H,19,20,21). The molecule has 3 nitrogen and oxygen atoms in total. The third kappa shape index (κ3) is 4.12. The Morgan fingerprint density at radius 1 is 1.19 bits per heavy atom. The number of anilines is 1. The van der Waals surface area contributed by atoms with E-state index in [1.54, 1.807) is 6.07 Å². The summed E-state index contributed by atoms with van der Waals surface area (Å²) in [5.41, 5.74) is 1.73. The molecule has 0 saturated carbocycles. The predicted molar refractivity (Wildman–Crippen MR) is 92.9 cm³/mol. The Balaban J connectivity index is 2.47. The molecule has 0 aliphatic rings. The topological polar surface area (TPSA) is 37.8 Å². The molecule has 0 unspecified atom stereocenters. The highest BCUT2D eigenvalue weighted by atomic mass is 127. The van der Waals surface area contributed by atoms with Gasteiger partial charge in [-0.25, -0.2) is 14.4 Å². The van der Waals surface area contributed by atoms with Crippen molar-refractivity contribution in [3.63, 3.8) is 0 Å². The van der Waals surface area contributed by atoms with Crippen molar-refractivity contribution in [2.45, 2.75) is 33.1 Å². The molecule has 1 aromatic carbocycles. The van der Waals surface area contributed by atoms with E-state index < -0.39 is 0 Å². The summed E-state index contributed by atoms with van der Waals surface area (Å²) in [5, 5.41) is 3.33. The molecule has 0 aliphatic heterocycles. The quantitative estimate of drug-likeness (QED) is 0.718. The molecule has 0 radical (unpaired) electrons. The Morgan fingerprint density at radius 3 is 2.67 bits per heavy atom. The zero-order valence-electron chi connectivity index (χ0n) is 12.3. The lowest BCUT2D eigenvalue weighted by molar-refractivity contribution is 0.628. The van der Waals surface area contributed by atoms with Gasteiger partial charge in [0.15, 0.2) is 5.82 Å². The van der Waals surface area contributed by atoms with Crippen LogP contribution in [0.15, 0.2) is 24.3 Å².